The van der Waals surface area contributed by atoms with E-state index in [9.17, 15) is 24.3 Å². The number of rotatable bonds is 25. The van der Waals surface area contributed by atoms with Crippen molar-refractivity contribution in [3.05, 3.63) is 209 Å². The maximum atomic E-state index is 13.3. The number of aromatic nitrogens is 1. The van der Waals surface area contributed by atoms with Gasteiger partial charge in [0.05, 0.1) is 13.1 Å². The second-order valence-corrected chi connectivity index (χ2v) is 16.4. The number of aldehydes is 1. The number of ether oxygens (including phenoxy) is 3. The van der Waals surface area contributed by atoms with Gasteiger partial charge in [-0.3, -0.25) is 14.4 Å². The van der Waals surface area contributed by atoms with Gasteiger partial charge in [-0.15, -0.1) is 0 Å². The fraction of sp³-hybridized carbons (Fsp3) is 0.196. The third kappa shape index (κ3) is 13.0. The minimum atomic E-state index is -1.42. The molecular formula is C56H55N5O8. The number of methoxy groups -OCH3 is 1. The van der Waals surface area contributed by atoms with E-state index in [1.54, 1.807) is 84.9 Å². The zero-order valence-corrected chi connectivity index (χ0v) is 38.8. The SMILES string of the molecule is COC(C=O)(Cc1ccc(OCCN(C)c2cccc(N(C)CCOc3ccc(C[C@H](Nc4ccccc4C(=O)c4ccccc4)C(=O)O)cc3)n2)cc1)Nc1ccccc1C(=O)c1ccccc1. The summed E-state index contributed by atoms with van der Waals surface area (Å²) >= 11 is 0. The number of carbonyl (C=O) groups excluding carboxylic acids is 3. The number of hydrogen-bond acceptors (Lipinski definition) is 12. The van der Waals surface area contributed by atoms with Crippen molar-refractivity contribution < 1.29 is 38.5 Å². The van der Waals surface area contributed by atoms with Gasteiger partial charge in [0.2, 0.25) is 0 Å². The molecule has 1 aromatic heterocycles. The Morgan fingerprint density at radius 2 is 1.07 bits per heavy atom. The lowest BCUT2D eigenvalue weighted by Crippen LogP contribution is -2.44. The molecule has 0 amide bonds. The molecule has 0 aliphatic heterocycles. The molecule has 1 unspecified atom stereocenters. The second kappa shape index (κ2) is 23.4. The summed E-state index contributed by atoms with van der Waals surface area (Å²) in [5, 5.41) is 16.4. The largest absolute Gasteiger partial charge is 0.492 e. The third-order valence-electron chi connectivity index (χ3n) is 11.6. The van der Waals surface area contributed by atoms with Crippen molar-refractivity contribution in [1.29, 1.82) is 0 Å². The van der Waals surface area contributed by atoms with Crippen LogP contribution in [-0.4, -0.2) is 93.2 Å². The van der Waals surface area contributed by atoms with Crippen LogP contribution in [0.3, 0.4) is 0 Å². The fourth-order valence-electron chi connectivity index (χ4n) is 7.62. The molecule has 0 saturated heterocycles. The topological polar surface area (TPSA) is 160 Å². The molecule has 1 heterocycles. The molecule has 0 bridgehead atoms. The van der Waals surface area contributed by atoms with Crippen molar-refractivity contribution in [3.8, 4) is 11.5 Å². The molecule has 6 aromatic carbocycles. The molecule has 7 aromatic rings. The van der Waals surface area contributed by atoms with Crippen LogP contribution in [0, 0.1) is 0 Å². The number of nitrogens with zero attached hydrogens (tertiary/aromatic N) is 3. The van der Waals surface area contributed by atoms with E-state index in [4.69, 9.17) is 19.2 Å². The maximum absolute atomic E-state index is 13.3. The van der Waals surface area contributed by atoms with Gasteiger partial charge in [-0.25, -0.2) is 9.78 Å². The van der Waals surface area contributed by atoms with E-state index in [0.717, 1.165) is 29.0 Å². The Labute approximate surface area is 402 Å². The predicted molar refractivity (Wildman–Crippen MR) is 269 cm³/mol. The van der Waals surface area contributed by atoms with Crippen LogP contribution in [0.4, 0.5) is 23.0 Å². The van der Waals surface area contributed by atoms with Gasteiger partial charge in [0.15, 0.2) is 23.6 Å². The second-order valence-electron chi connectivity index (χ2n) is 16.4. The van der Waals surface area contributed by atoms with E-state index < -0.39 is 17.7 Å². The molecule has 13 heteroatoms. The molecule has 0 aliphatic carbocycles. The fourth-order valence-corrected chi connectivity index (χ4v) is 7.62. The summed E-state index contributed by atoms with van der Waals surface area (Å²) in [6.07, 6.45) is 1.11. The molecular weight excluding hydrogens is 871 g/mol. The molecule has 352 valence electrons. The quantitative estimate of drug-likeness (QED) is 0.0284. The van der Waals surface area contributed by atoms with Crippen molar-refractivity contribution in [2.45, 2.75) is 24.6 Å². The van der Waals surface area contributed by atoms with E-state index >= 15 is 0 Å². The number of anilines is 4. The number of ketones is 2. The summed E-state index contributed by atoms with van der Waals surface area (Å²) in [5.74, 6) is 1.49. The number of carboxylic acid groups (broad SMARTS) is 1. The molecule has 0 radical (unpaired) electrons. The van der Waals surface area contributed by atoms with E-state index in [2.05, 4.69) is 10.6 Å². The normalized spacial score (nSPS) is 12.2. The number of carboxylic acids is 1. The standard InChI is InChI=1S/C56H55N5O8/c1-60(33-35-68-44-29-25-40(26-30-44)37-50(55(65)66)57-48-21-12-10-19-46(48)53(63)42-15-6-4-7-16-42)51-23-14-24-52(58-51)61(2)34-36-69-45-31-27-41(28-32-45)38-56(39-62,67-3)59-49-22-13-11-20-47(49)54(64)43-17-8-5-9-18-43/h4-32,39,50,57,59H,33-38H2,1-3H3,(H,65,66)/t50-,56?/m0/s1. The first-order valence-electron chi connectivity index (χ1n) is 22.5. The number of hydrogen-bond donors (Lipinski definition) is 3. The molecule has 0 fully saturated rings. The lowest BCUT2D eigenvalue weighted by Gasteiger charge is -2.30. The molecule has 7 rings (SSSR count). The summed E-state index contributed by atoms with van der Waals surface area (Å²) in [4.78, 5) is 60.4. The first-order valence-corrected chi connectivity index (χ1v) is 22.5. The monoisotopic (exact) mass is 925 g/mol. The lowest BCUT2D eigenvalue weighted by molar-refractivity contribution is -0.137. The Bertz CT molecular complexity index is 2810. The van der Waals surface area contributed by atoms with E-state index in [1.807, 2.05) is 115 Å². The molecule has 0 saturated carbocycles. The number of para-hydroxylation sites is 2. The van der Waals surface area contributed by atoms with Crippen molar-refractivity contribution in [1.82, 2.24) is 4.98 Å². The van der Waals surface area contributed by atoms with Crippen LogP contribution >= 0.6 is 0 Å². The molecule has 69 heavy (non-hydrogen) atoms. The number of carbonyl (C=O) groups is 4. The summed E-state index contributed by atoms with van der Waals surface area (Å²) < 4.78 is 17.9. The van der Waals surface area contributed by atoms with Gasteiger partial charge in [0.1, 0.15) is 42.4 Å². The molecule has 2 atom stereocenters. The van der Waals surface area contributed by atoms with Crippen molar-refractivity contribution >= 4 is 46.8 Å². The number of aliphatic carboxylic acids is 1. The number of likely N-dealkylation sites (N-methyl/N-ethyl adjacent to an activating group) is 2. The van der Waals surface area contributed by atoms with Crippen molar-refractivity contribution in [2.75, 3.05) is 67.9 Å². The Morgan fingerprint density at radius 1 is 0.609 bits per heavy atom. The van der Waals surface area contributed by atoms with Crippen LogP contribution in [0.25, 0.3) is 0 Å². The summed E-state index contributed by atoms with van der Waals surface area (Å²) in [6, 6.07) is 51.6. The van der Waals surface area contributed by atoms with Crippen LogP contribution < -0.4 is 29.9 Å². The maximum Gasteiger partial charge on any atom is 0.326 e. The zero-order chi connectivity index (χ0) is 48.6. The summed E-state index contributed by atoms with van der Waals surface area (Å²) in [7, 11) is 5.36. The number of nitrogens with one attached hydrogen (secondary N) is 2. The van der Waals surface area contributed by atoms with Gasteiger partial charge in [-0.1, -0.05) is 115 Å². The first-order chi connectivity index (χ1) is 33.5. The zero-order valence-electron chi connectivity index (χ0n) is 38.8. The summed E-state index contributed by atoms with van der Waals surface area (Å²) in [6.45, 7) is 1.90. The average Bonchev–Trinajstić information content (AvgIpc) is 3.39. The summed E-state index contributed by atoms with van der Waals surface area (Å²) in [5.41, 5.74) is 3.05. The van der Waals surface area contributed by atoms with Crippen LogP contribution in [0.2, 0.25) is 0 Å². The highest BCUT2D eigenvalue weighted by Crippen LogP contribution is 2.27. The lowest BCUT2D eigenvalue weighted by atomic mass is 9.99. The molecule has 0 spiro atoms. The first kappa shape index (κ1) is 48.6. The van der Waals surface area contributed by atoms with Crippen molar-refractivity contribution in [3.63, 3.8) is 0 Å². The minimum Gasteiger partial charge on any atom is -0.492 e. The Kier molecular flexibility index (Phi) is 16.5. The number of benzene rings is 6. The highest BCUT2D eigenvalue weighted by molar-refractivity contribution is 6.13. The van der Waals surface area contributed by atoms with E-state index in [0.29, 0.717) is 71.4 Å². The Balaban J connectivity index is 0.859. The van der Waals surface area contributed by atoms with Crippen LogP contribution in [-0.2, 0) is 27.2 Å². The minimum absolute atomic E-state index is 0.165. The predicted octanol–water partition coefficient (Wildman–Crippen LogP) is 8.88. The van der Waals surface area contributed by atoms with Gasteiger partial charge >= 0.3 is 5.97 Å². The van der Waals surface area contributed by atoms with Crippen LogP contribution in [0.15, 0.2) is 176 Å². The van der Waals surface area contributed by atoms with E-state index in [1.165, 1.54) is 7.11 Å². The highest BCUT2D eigenvalue weighted by atomic mass is 16.5. The van der Waals surface area contributed by atoms with E-state index in [-0.39, 0.29) is 24.4 Å². The third-order valence-corrected chi connectivity index (χ3v) is 11.6. The van der Waals surface area contributed by atoms with Gasteiger partial charge < -0.3 is 39.8 Å². The highest BCUT2D eigenvalue weighted by Gasteiger charge is 2.31. The Morgan fingerprint density at radius 3 is 1.57 bits per heavy atom. The van der Waals surface area contributed by atoms with Crippen molar-refractivity contribution in [2.24, 2.45) is 0 Å². The van der Waals surface area contributed by atoms with Crippen LogP contribution in [0.5, 0.6) is 11.5 Å². The van der Waals surface area contributed by atoms with Crippen LogP contribution in [0.1, 0.15) is 43.0 Å². The molecule has 0 aliphatic rings. The smallest absolute Gasteiger partial charge is 0.326 e. The average molecular weight is 926 g/mol. The molecule has 13 nitrogen and oxygen atoms in total. The molecule has 3 N–H and O–H groups in total. The van der Waals surface area contributed by atoms with Gasteiger partial charge in [-0.2, -0.15) is 0 Å². The number of pyridine rings is 1. The van der Waals surface area contributed by atoms with Gasteiger partial charge in [-0.05, 0) is 71.8 Å². The Hall–Kier alpha value is -8.29. The van der Waals surface area contributed by atoms with Gasteiger partial charge in [0, 0.05) is 67.7 Å². The van der Waals surface area contributed by atoms with Gasteiger partial charge in [0.25, 0.3) is 0 Å².